The minimum Gasteiger partial charge on any atom is -0.452 e. The second-order valence-electron chi connectivity index (χ2n) is 9.72. The molecule has 2 aromatic rings. The van der Waals surface area contributed by atoms with Crippen LogP contribution in [-0.2, 0) is 14.9 Å². The fourth-order valence-electron chi connectivity index (χ4n) is 5.10. The zero-order valence-electron chi connectivity index (χ0n) is 20.2. The van der Waals surface area contributed by atoms with Gasteiger partial charge in [-0.05, 0) is 42.2 Å². The maximum atomic E-state index is 11.4. The zero-order valence-corrected chi connectivity index (χ0v) is 20.2. The SMILES string of the molecule is C#CCOC(=O)CCCCCCCCCCN1c2ccc3ccccc3c2C(C)(C)C1C. The van der Waals surface area contributed by atoms with Crippen LogP contribution in [0.2, 0.25) is 0 Å². The number of esters is 1. The van der Waals surface area contributed by atoms with E-state index in [1.54, 1.807) is 0 Å². The number of anilines is 1. The van der Waals surface area contributed by atoms with Crippen LogP contribution >= 0.6 is 0 Å². The van der Waals surface area contributed by atoms with Crippen LogP contribution in [0.25, 0.3) is 10.8 Å². The molecule has 0 radical (unpaired) electrons. The van der Waals surface area contributed by atoms with Crippen molar-refractivity contribution < 1.29 is 9.53 Å². The van der Waals surface area contributed by atoms with Crippen molar-refractivity contribution in [3.8, 4) is 12.3 Å². The van der Waals surface area contributed by atoms with E-state index in [4.69, 9.17) is 11.2 Å². The summed E-state index contributed by atoms with van der Waals surface area (Å²) in [6.45, 7) is 8.41. The van der Waals surface area contributed by atoms with Crippen LogP contribution in [0.5, 0.6) is 0 Å². The van der Waals surface area contributed by atoms with Gasteiger partial charge in [0.25, 0.3) is 0 Å². The van der Waals surface area contributed by atoms with Gasteiger partial charge in [-0.1, -0.05) is 88.6 Å². The molecule has 1 heterocycles. The molecule has 3 heteroatoms. The van der Waals surface area contributed by atoms with Crippen LogP contribution in [0.1, 0.15) is 84.1 Å². The topological polar surface area (TPSA) is 29.5 Å². The highest BCUT2D eigenvalue weighted by atomic mass is 16.5. The van der Waals surface area contributed by atoms with E-state index in [1.165, 1.54) is 60.5 Å². The number of hydrogen-bond acceptors (Lipinski definition) is 3. The largest absolute Gasteiger partial charge is 0.452 e. The predicted octanol–water partition coefficient (Wildman–Crippen LogP) is 7.01. The van der Waals surface area contributed by atoms with E-state index in [1.807, 2.05) is 0 Å². The number of unbranched alkanes of at least 4 members (excludes halogenated alkanes) is 7. The van der Waals surface area contributed by atoms with E-state index in [0.29, 0.717) is 12.5 Å². The van der Waals surface area contributed by atoms with Crippen LogP contribution in [-0.4, -0.2) is 25.2 Å². The van der Waals surface area contributed by atoms with Gasteiger partial charge in [0.05, 0.1) is 0 Å². The number of nitrogens with zero attached hydrogens (tertiary/aromatic N) is 1. The van der Waals surface area contributed by atoms with E-state index in [2.05, 4.69) is 68.0 Å². The summed E-state index contributed by atoms with van der Waals surface area (Å²) in [5.74, 6) is 2.15. The first-order valence-corrected chi connectivity index (χ1v) is 12.3. The highest BCUT2D eigenvalue weighted by molar-refractivity contribution is 5.93. The molecule has 0 amide bonds. The van der Waals surface area contributed by atoms with E-state index in [9.17, 15) is 4.79 Å². The molecule has 0 fully saturated rings. The first kappa shape index (κ1) is 24.2. The van der Waals surface area contributed by atoms with Gasteiger partial charge in [0.15, 0.2) is 6.61 Å². The Morgan fingerprint density at radius 3 is 2.38 bits per heavy atom. The Morgan fingerprint density at radius 1 is 1.00 bits per heavy atom. The number of terminal acetylenes is 1. The van der Waals surface area contributed by atoms with E-state index >= 15 is 0 Å². The average Bonchev–Trinajstić information content (AvgIpc) is 2.99. The summed E-state index contributed by atoms with van der Waals surface area (Å²) in [7, 11) is 0. The van der Waals surface area contributed by atoms with Crippen LogP contribution < -0.4 is 4.90 Å². The maximum absolute atomic E-state index is 11.4. The minimum atomic E-state index is -0.170. The number of ether oxygens (including phenoxy) is 1. The van der Waals surface area contributed by atoms with Crippen LogP contribution in [0.15, 0.2) is 36.4 Å². The van der Waals surface area contributed by atoms with Gasteiger partial charge in [0.1, 0.15) is 0 Å². The molecule has 1 aliphatic heterocycles. The van der Waals surface area contributed by atoms with Gasteiger partial charge < -0.3 is 9.64 Å². The fraction of sp³-hybridized carbons (Fsp3) is 0.552. The quantitative estimate of drug-likeness (QED) is 0.205. The Hall–Kier alpha value is -2.47. The minimum absolute atomic E-state index is 0.0920. The van der Waals surface area contributed by atoms with Crippen molar-refractivity contribution in [1.82, 2.24) is 0 Å². The van der Waals surface area contributed by atoms with Crippen molar-refractivity contribution in [3.05, 3.63) is 42.0 Å². The standard InChI is InChI=1S/C29H39NO2/c1-5-22-32-27(31)18-12-10-8-6-7-9-11-15-21-30-23(2)29(3,4)28-25-17-14-13-16-24(25)19-20-26(28)30/h1,13-14,16-17,19-20,23H,6-12,15,18,21-22H2,2-4H3. The average molecular weight is 434 g/mol. The van der Waals surface area contributed by atoms with Gasteiger partial charge in [0.2, 0.25) is 0 Å². The zero-order chi connectivity index (χ0) is 23.0. The van der Waals surface area contributed by atoms with Crippen molar-refractivity contribution in [2.75, 3.05) is 18.1 Å². The summed E-state index contributed by atoms with van der Waals surface area (Å²) in [6, 6.07) is 13.9. The third kappa shape index (κ3) is 5.66. The molecule has 0 aliphatic carbocycles. The van der Waals surface area contributed by atoms with Crippen molar-refractivity contribution in [2.45, 2.75) is 90.0 Å². The molecule has 1 unspecified atom stereocenters. The van der Waals surface area contributed by atoms with E-state index < -0.39 is 0 Å². The molecule has 0 spiro atoms. The van der Waals surface area contributed by atoms with Crippen molar-refractivity contribution in [1.29, 1.82) is 0 Å². The van der Waals surface area contributed by atoms with E-state index in [0.717, 1.165) is 19.4 Å². The predicted molar refractivity (Wildman–Crippen MR) is 135 cm³/mol. The number of rotatable bonds is 12. The molecule has 0 saturated heterocycles. The monoisotopic (exact) mass is 433 g/mol. The number of carbonyl (C=O) groups is 1. The molecule has 0 saturated carbocycles. The van der Waals surface area contributed by atoms with Gasteiger partial charge in [-0.3, -0.25) is 4.79 Å². The van der Waals surface area contributed by atoms with E-state index in [-0.39, 0.29) is 18.0 Å². The third-order valence-electron chi connectivity index (χ3n) is 7.22. The Bertz CT molecular complexity index is 940. The summed E-state index contributed by atoms with van der Waals surface area (Å²) >= 11 is 0. The van der Waals surface area contributed by atoms with Gasteiger partial charge in [-0.2, -0.15) is 0 Å². The smallest absolute Gasteiger partial charge is 0.306 e. The van der Waals surface area contributed by atoms with Gasteiger partial charge in [0, 0.05) is 30.1 Å². The van der Waals surface area contributed by atoms with Crippen molar-refractivity contribution in [3.63, 3.8) is 0 Å². The maximum Gasteiger partial charge on any atom is 0.306 e. The molecular formula is C29H39NO2. The Labute approximate surface area is 194 Å². The Kier molecular flexibility index (Phi) is 8.62. The molecule has 1 aliphatic rings. The Balaban J connectivity index is 1.37. The molecule has 0 bridgehead atoms. The lowest BCUT2D eigenvalue weighted by Gasteiger charge is -2.31. The summed E-state index contributed by atoms with van der Waals surface area (Å²) in [4.78, 5) is 14.0. The number of benzene rings is 2. The van der Waals surface area contributed by atoms with Crippen LogP contribution in [0.4, 0.5) is 5.69 Å². The molecule has 0 aromatic heterocycles. The molecule has 1 atom stereocenters. The van der Waals surface area contributed by atoms with Gasteiger partial charge in [-0.15, -0.1) is 6.42 Å². The highest BCUT2D eigenvalue weighted by Crippen LogP contribution is 2.48. The Morgan fingerprint density at radius 2 is 1.66 bits per heavy atom. The van der Waals surface area contributed by atoms with Crippen molar-refractivity contribution in [2.24, 2.45) is 0 Å². The lowest BCUT2D eigenvalue weighted by Crippen LogP contribution is -2.39. The second kappa shape index (κ2) is 11.4. The van der Waals surface area contributed by atoms with Gasteiger partial charge >= 0.3 is 5.97 Å². The first-order valence-electron chi connectivity index (χ1n) is 12.3. The number of hydrogen-bond donors (Lipinski definition) is 0. The number of carbonyl (C=O) groups excluding carboxylic acids is 1. The molecule has 3 nitrogen and oxygen atoms in total. The summed E-state index contributed by atoms with van der Waals surface area (Å²) in [5, 5.41) is 2.76. The molecule has 32 heavy (non-hydrogen) atoms. The highest BCUT2D eigenvalue weighted by Gasteiger charge is 2.42. The first-order chi connectivity index (χ1) is 15.5. The summed E-state index contributed by atoms with van der Waals surface area (Å²) < 4.78 is 4.89. The molecule has 3 rings (SSSR count). The molecule has 172 valence electrons. The van der Waals surface area contributed by atoms with Crippen molar-refractivity contribution >= 4 is 22.4 Å². The fourth-order valence-corrected chi connectivity index (χ4v) is 5.10. The van der Waals surface area contributed by atoms with Gasteiger partial charge in [-0.25, -0.2) is 0 Å². The molecule has 2 aromatic carbocycles. The summed E-state index contributed by atoms with van der Waals surface area (Å²) in [6.07, 6.45) is 15.1. The van der Waals surface area contributed by atoms with Crippen LogP contribution in [0.3, 0.4) is 0 Å². The van der Waals surface area contributed by atoms with Crippen LogP contribution in [0, 0.1) is 12.3 Å². The summed E-state index contributed by atoms with van der Waals surface area (Å²) in [5.41, 5.74) is 3.11. The lowest BCUT2D eigenvalue weighted by atomic mass is 9.79. The molecular weight excluding hydrogens is 394 g/mol. The second-order valence-corrected chi connectivity index (χ2v) is 9.72. The lowest BCUT2D eigenvalue weighted by molar-refractivity contribution is -0.142. The number of fused-ring (bicyclic) bond motifs is 3. The molecule has 0 N–H and O–H groups in total. The third-order valence-corrected chi connectivity index (χ3v) is 7.22. The normalized spacial score (nSPS) is 16.7.